The lowest BCUT2D eigenvalue weighted by atomic mass is 9.78. The summed E-state index contributed by atoms with van der Waals surface area (Å²) in [7, 11) is 0. The van der Waals surface area contributed by atoms with Crippen molar-refractivity contribution in [1.82, 2.24) is 10.3 Å². The summed E-state index contributed by atoms with van der Waals surface area (Å²) in [6.07, 6.45) is 2.88. The molecule has 156 valence electrons. The molecule has 3 N–H and O–H groups in total. The molecule has 7 heteroatoms. The number of hydrogen-bond acceptors (Lipinski definition) is 4. The minimum Gasteiger partial charge on any atom is -0.351 e. The Hall–Kier alpha value is -1.66. The maximum Gasteiger partial charge on any atom is 0.231 e. The topological polar surface area (TPSA) is 68.0 Å². The first kappa shape index (κ1) is 23.6. The first-order chi connectivity index (χ1) is 13.1. The minimum absolute atomic E-state index is 0. The molecule has 4 nitrogen and oxygen atoms in total. The number of thiazole rings is 1. The second kappa shape index (κ2) is 9.90. The van der Waals surface area contributed by atoms with Crippen LogP contribution in [0, 0.1) is 5.92 Å². The van der Waals surface area contributed by atoms with E-state index in [9.17, 15) is 4.79 Å². The van der Waals surface area contributed by atoms with Crippen molar-refractivity contribution in [2.75, 3.05) is 6.54 Å². The molecule has 2 atom stereocenters. The van der Waals surface area contributed by atoms with Gasteiger partial charge in [-0.1, -0.05) is 42.5 Å². The molecule has 1 fully saturated rings. The number of nitrogens with two attached hydrogens (primary N) is 1. The van der Waals surface area contributed by atoms with Crippen LogP contribution in [0.5, 0.6) is 0 Å². The highest BCUT2D eigenvalue weighted by Crippen LogP contribution is 2.35. The highest BCUT2D eigenvalue weighted by atomic mass is 35.5. The summed E-state index contributed by atoms with van der Waals surface area (Å²) >= 11 is 1.66. The van der Waals surface area contributed by atoms with E-state index < -0.39 is 5.41 Å². The third-order valence-electron chi connectivity index (χ3n) is 5.52. The van der Waals surface area contributed by atoms with Gasteiger partial charge in [0.25, 0.3) is 0 Å². The van der Waals surface area contributed by atoms with Crippen molar-refractivity contribution in [2.45, 2.75) is 37.6 Å². The molecular formula is C22H27Cl2N3OS. The van der Waals surface area contributed by atoms with Gasteiger partial charge in [0.2, 0.25) is 5.91 Å². The predicted octanol–water partition coefficient (Wildman–Crippen LogP) is 4.49. The molecule has 1 aliphatic rings. The molecule has 1 heterocycles. The van der Waals surface area contributed by atoms with Crippen LogP contribution in [-0.2, 0) is 16.6 Å². The van der Waals surface area contributed by atoms with Crippen LogP contribution in [0.4, 0.5) is 0 Å². The number of hydrogen-bond donors (Lipinski definition) is 2. The number of nitrogens with zero attached hydrogens (tertiary/aromatic N) is 1. The average molecular weight is 452 g/mol. The molecule has 1 saturated carbocycles. The standard InChI is InChI=1S/C22H25N3OS.2ClH/c1-22(16-7-3-2-4-8-16,21(26)25-18(14-23)15-11-12-15)13-20-24-17-9-5-6-10-19(17)27-20;;/h2-10,15,18H,11-14,23H2,1H3,(H,25,26);2*1H. The van der Waals surface area contributed by atoms with E-state index in [0.29, 0.717) is 18.9 Å². The van der Waals surface area contributed by atoms with E-state index in [1.165, 1.54) is 0 Å². The quantitative estimate of drug-likeness (QED) is 0.555. The number of carbonyl (C=O) groups is 1. The van der Waals surface area contributed by atoms with Gasteiger partial charge in [-0.25, -0.2) is 4.98 Å². The van der Waals surface area contributed by atoms with Crippen LogP contribution < -0.4 is 11.1 Å². The molecular weight excluding hydrogens is 425 g/mol. The summed E-state index contributed by atoms with van der Waals surface area (Å²) in [5, 5.41) is 4.21. The summed E-state index contributed by atoms with van der Waals surface area (Å²) in [6.45, 7) is 2.51. The van der Waals surface area contributed by atoms with Crippen LogP contribution in [0.2, 0.25) is 0 Å². The summed E-state index contributed by atoms with van der Waals surface area (Å²) in [5.74, 6) is 0.566. The largest absolute Gasteiger partial charge is 0.351 e. The van der Waals surface area contributed by atoms with Crippen molar-refractivity contribution < 1.29 is 4.79 Å². The van der Waals surface area contributed by atoms with E-state index >= 15 is 0 Å². The summed E-state index contributed by atoms with van der Waals surface area (Å²) < 4.78 is 1.15. The second-order valence-electron chi connectivity index (χ2n) is 7.60. The van der Waals surface area contributed by atoms with Gasteiger partial charge >= 0.3 is 0 Å². The van der Waals surface area contributed by atoms with Crippen molar-refractivity contribution in [3.63, 3.8) is 0 Å². The van der Waals surface area contributed by atoms with E-state index in [1.807, 2.05) is 55.5 Å². The fraction of sp³-hybridized carbons (Fsp3) is 0.364. The number of para-hydroxylation sites is 1. The fourth-order valence-electron chi connectivity index (χ4n) is 3.61. The molecule has 1 aliphatic carbocycles. The maximum atomic E-state index is 13.4. The molecule has 0 bridgehead atoms. The average Bonchev–Trinajstić information content (AvgIpc) is 3.45. The third-order valence-corrected chi connectivity index (χ3v) is 6.55. The summed E-state index contributed by atoms with van der Waals surface area (Å²) in [6, 6.07) is 18.2. The van der Waals surface area contributed by atoms with E-state index in [0.717, 1.165) is 33.6 Å². The normalized spacial score (nSPS) is 16.2. The Labute approximate surface area is 188 Å². The number of fused-ring (bicyclic) bond motifs is 1. The zero-order valence-corrected chi connectivity index (χ0v) is 18.8. The lowest BCUT2D eigenvalue weighted by Gasteiger charge is -2.30. The van der Waals surface area contributed by atoms with E-state index in [1.54, 1.807) is 11.3 Å². The number of carbonyl (C=O) groups excluding carboxylic acids is 1. The van der Waals surface area contributed by atoms with E-state index in [2.05, 4.69) is 11.4 Å². The maximum absolute atomic E-state index is 13.4. The number of halogens is 2. The van der Waals surface area contributed by atoms with Crippen molar-refractivity contribution in [1.29, 1.82) is 0 Å². The van der Waals surface area contributed by atoms with Crippen LogP contribution in [0.15, 0.2) is 54.6 Å². The van der Waals surface area contributed by atoms with Gasteiger partial charge in [0.15, 0.2) is 0 Å². The lowest BCUT2D eigenvalue weighted by Crippen LogP contribution is -2.50. The van der Waals surface area contributed by atoms with Gasteiger partial charge in [0, 0.05) is 19.0 Å². The number of nitrogens with one attached hydrogen (secondary N) is 1. The van der Waals surface area contributed by atoms with Gasteiger partial charge in [0.1, 0.15) is 0 Å². The van der Waals surface area contributed by atoms with Crippen molar-refractivity contribution in [3.8, 4) is 0 Å². The summed E-state index contributed by atoms with van der Waals surface area (Å²) in [5.41, 5.74) is 7.24. The van der Waals surface area contributed by atoms with Crippen molar-refractivity contribution >= 4 is 52.3 Å². The molecule has 3 aromatic rings. The molecule has 4 rings (SSSR count). The first-order valence-corrected chi connectivity index (χ1v) is 10.3. The Bertz CT molecular complexity index is 912. The molecule has 0 aliphatic heterocycles. The second-order valence-corrected chi connectivity index (χ2v) is 8.72. The van der Waals surface area contributed by atoms with Gasteiger partial charge < -0.3 is 11.1 Å². The van der Waals surface area contributed by atoms with Gasteiger partial charge in [0.05, 0.1) is 20.6 Å². The van der Waals surface area contributed by atoms with Gasteiger partial charge in [-0.05, 0) is 43.4 Å². The molecule has 1 aromatic heterocycles. The van der Waals surface area contributed by atoms with Crippen LogP contribution in [-0.4, -0.2) is 23.5 Å². The van der Waals surface area contributed by atoms with E-state index in [4.69, 9.17) is 10.7 Å². The minimum atomic E-state index is -0.683. The highest BCUT2D eigenvalue weighted by molar-refractivity contribution is 7.18. The fourth-order valence-corrected chi connectivity index (χ4v) is 4.74. The lowest BCUT2D eigenvalue weighted by molar-refractivity contribution is -0.127. The van der Waals surface area contributed by atoms with Gasteiger partial charge in [-0.15, -0.1) is 36.2 Å². The SMILES string of the molecule is CC(Cc1nc2ccccc2s1)(C(=O)NC(CN)C1CC1)c1ccccc1.Cl.Cl. The first-order valence-electron chi connectivity index (χ1n) is 9.51. The van der Waals surface area contributed by atoms with Gasteiger partial charge in [-0.2, -0.15) is 0 Å². The molecule has 0 saturated heterocycles. The Kier molecular flexibility index (Phi) is 8.06. The Balaban J connectivity index is 0.00000150. The summed E-state index contributed by atoms with van der Waals surface area (Å²) in [4.78, 5) is 18.2. The van der Waals surface area contributed by atoms with Crippen molar-refractivity contribution in [2.24, 2.45) is 11.7 Å². The molecule has 29 heavy (non-hydrogen) atoms. The Morgan fingerprint density at radius 3 is 2.45 bits per heavy atom. The highest BCUT2D eigenvalue weighted by Gasteiger charge is 2.40. The van der Waals surface area contributed by atoms with Gasteiger partial charge in [-0.3, -0.25) is 4.79 Å². The van der Waals surface area contributed by atoms with Crippen molar-refractivity contribution in [3.05, 3.63) is 65.2 Å². The number of rotatable bonds is 7. The predicted molar refractivity (Wildman–Crippen MR) is 125 cm³/mol. The number of amides is 1. The van der Waals surface area contributed by atoms with Crippen LogP contribution >= 0.6 is 36.2 Å². The number of benzene rings is 2. The number of aromatic nitrogens is 1. The molecule has 0 radical (unpaired) electrons. The van der Waals surface area contributed by atoms with Crippen LogP contribution in [0.1, 0.15) is 30.3 Å². The Morgan fingerprint density at radius 1 is 1.17 bits per heavy atom. The smallest absolute Gasteiger partial charge is 0.231 e. The Morgan fingerprint density at radius 2 is 1.83 bits per heavy atom. The van der Waals surface area contributed by atoms with Crippen LogP contribution in [0.25, 0.3) is 10.2 Å². The molecule has 1 amide bonds. The third kappa shape index (κ3) is 5.10. The zero-order valence-electron chi connectivity index (χ0n) is 16.3. The molecule has 2 aromatic carbocycles. The van der Waals surface area contributed by atoms with E-state index in [-0.39, 0.29) is 36.8 Å². The van der Waals surface area contributed by atoms with Crippen LogP contribution in [0.3, 0.4) is 0 Å². The monoisotopic (exact) mass is 451 g/mol. The molecule has 2 unspecified atom stereocenters. The zero-order chi connectivity index (χ0) is 18.9. The molecule has 0 spiro atoms.